The smallest absolute Gasteiger partial charge is 0.167 e. The van der Waals surface area contributed by atoms with E-state index in [0.29, 0.717) is 34.6 Å². The van der Waals surface area contributed by atoms with Gasteiger partial charge in [0.25, 0.3) is 0 Å². The summed E-state index contributed by atoms with van der Waals surface area (Å²) in [6.07, 6.45) is 3.14. The minimum Gasteiger partial charge on any atom is -0.494 e. The molecule has 0 unspecified atom stereocenters. The molecular formula is C23H28ClN5O6S. The average Bonchev–Trinajstić information content (AvgIpc) is 3.54. The average molecular weight is 538 g/mol. The third-order valence-electron chi connectivity index (χ3n) is 6.07. The Balaban J connectivity index is 1.77. The molecule has 0 saturated carbocycles. The Labute approximate surface area is 214 Å². The van der Waals surface area contributed by atoms with Crippen molar-refractivity contribution >= 4 is 21.4 Å². The zero-order chi connectivity index (χ0) is 25.9. The lowest BCUT2D eigenvalue weighted by molar-refractivity contribution is 0.0948. The number of hydrogen-bond acceptors (Lipinski definition) is 10. The van der Waals surface area contributed by atoms with E-state index >= 15 is 0 Å². The van der Waals surface area contributed by atoms with E-state index in [1.807, 2.05) is 0 Å². The van der Waals surface area contributed by atoms with Crippen LogP contribution in [0.2, 0.25) is 5.02 Å². The highest BCUT2D eigenvalue weighted by Gasteiger charge is 2.36. The van der Waals surface area contributed by atoms with Crippen molar-refractivity contribution in [1.82, 2.24) is 24.7 Å². The fraction of sp³-hybridized carbons (Fsp3) is 0.478. The van der Waals surface area contributed by atoms with Crippen molar-refractivity contribution in [2.24, 2.45) is 0 Å². The molecule has 1 aliphatic rings. The van der Waals surface area contributed by atoms with E-state index in [-0.39, 0.29) is 17.8 Å². The first-order valence-corrected chi connectivity index (χ1v) is 13.4. The van der Waals surface area contributed by atoms with Gasteiger partial charge in [0.2, 0.25) is 0 Å². The number of nitrogens with zero attached hydrogens (tertiary/aromatic N) is 5. The summed E-state index contributed by atoms with van der Waals surface area (Å²) < 4.78 is 51.4. The van der Waals surface area contributed by atoms with Crippen molar-refractivity contribution < 1.29 is 27.4 Å². The highest BCUT2D eigenvalue weighted by Crippen LogP contribution is 2.38. The van der Waals surface area contributed by atoms with Gasteiger partial charge in [0, 0.05) is 26.1 Å². The van der Waals surface area contributed by atoms with Crippen LogP contribution in [0.15, 0.2) is 30.6 Å². The molecule has 11 nitrogen and oxygen atoms in total. The molecule has 0 radical (unpaired) electrons. The van der Waals surface area contributed by atoms with Gasteiger partial charge in [-0.05, 0) is 31.9 Å². The summed E-state index contributed by atoms with van der Waals surface area (Å²) in [7, 11) is 0.622. The normalized spacial score (nSPS) is 17.6. The van der Waals surface area contributed by atoms with Gasteiger partial charge >= 0.3 is 0 Å². The molecule has 3 aromatic rings. The lowest BCUT2D eigenvalue weighted by Gasteiger charge is -2.22. The van der Waals surface area contributed by atoms with E-state index in [1.165, 1.54) is 33.7 Å². The lowest BCUT2D eigenvalue weighted by Crippen LogP contribution is -2.30. The molecule has 1 aliphatic heterocycles. The first kappa shape index (κ1) is 26.3. The van der Waals surface area contributed by atoms with Gasteiger partial charge in [0.1, 0.15) is 35.1 Å². The lowest BCUT2D eigenvalue weighted by atomic mass is 10.2. The van der Waals surface area contributed by atoms with E-state index in [9.17, 15) is 8.42 Å². The maximum atomic E-state index is 13.6. The Bertz CT molecular complexity index is 1270. The molecular weight excluding hydrogens is 510 g/mol. The first-order chi connectivity index (χ1) is 17.3. The Morgan fingerprint density at radius 1 is 1.14 bits per heavy atom. The molecule has 0 aliphatic carbocycles. The molecule has 13 heteroatoms. The van der Waals surface area contributed by atoms with Crippen LogP contribution in [0.3, 0.4) is 0 Å². The molecule has 3 heterocycles. The molecule has 0 bridgehead atoms. The number of sulfone groups is 1. The minimum atomic E-state index is -3.85. The quantitative estimate of drug-likeness (QED) is 0.380. The molecule has 1 fully saturated rings. The monoisotopic (exact) mass is 537 g/mol. The van der Waals surface area contributed by atoms with E-state index in [1.54, 1.807) is 29.7 Å². The summed E-state index contributed by atoms with van der Waals surface area (Å²) in [6, 6.07) is 5.30. The van der Waals surface area contributed by atoms with Crippen molar-refractivity contribution in [2.75, 3.05) is 27.9 Å². The van der Waals surface area contributed by atoms with E-state index < -0.39 is 26.9 Å². The number of para-hydroxylation sites is 1. The van der Waals surface area contributed by atoms with Crippen LogP contribution < -0.4 is 9.47 Å². The predicted octanol–water partition coefficient (Wildman–Crippen LogP) is 3.27. The maximum Gasteiger partial charge on any atom is 0.167 e. The summed E-state index contributed by atoms with van der Waals surface area (Å²) >= 11 is 5.88. The SMILES string of the molecule is COc1cccc(OC)c1-n1c(CS(=O)(=O)[C@@H](C)[C@H](OC)c2ncc(Cl)cn2)nnc1[C@@H]1CCCO1. The second-order valence-corrected chi connectivity index (χ2v) is 11.0. The van der Waals surface area contributed by atoms with Crippen LogP contribution in [0.4, 0.5) is 0 Å². The molecule has 1 aromatic carbocycles. The van der Waals surface area contributed by atoms with Gasteiger partial charge < -0.3 is 18.9 Å². The highest BCUT2D eigenvalue weighted by molar-refractivity contribution is 7.91. The van der Waals surface area contributed by atoms with Crippen LogP contribution >= 0.6 is 11.6 Å². The fourth-order valence-electron chi connectivity index (χ4n) is 4.19. The van der Waals surface area contributed by atoms with Crippen LogP contribution in [0, 0.1) is 0 Å². The molecule has 3 atom stereocenters. The summed E-state index contributed by atoms with van der Waals surface area (Å²) in [5.74, 6) is 1.42. The van der Waals surface area contributed by atoms with Crippen LogP contribution in [-0.2, 0) is 25.1 Å². The van der Waals surface area contributed by atoms with E-state index in [0.717, 1.165) is 12.8 Å². The van der Waals surface area contributed by atoms with Gasteiger partial charge in [-0.25, -0.2) is 18.4 Å². The van der Waals surface area contributed by atoms with Gasteiger partial charge in [-0.15, -0.1) is 10.2 Å². The number of benzene rings is 1. The third-order valence-corrected chi connectivity index (χ3v) is 8.31. The van der Waals surface area contributed by atoms with Crippen molar-refractivity contribution in [3.05, 3.63) is 53.1 Å². The van der Waals surface area contributed by atoms with E-state index in [2.05, 4.69) is 20.2 Å². The molecule has 0 amide bonds. The van der Waals surface area contributed by atoms with Gasteiger partial charge in [-0.1, -0.05) is 17.7 Å². The molecule has 0 N–H and O–H groups in total. The predicted molar refractivity (Wildman–Crippen MR) is 131 cm³/mol. The maximum absolute atomic E-state index is 13.6. The summed E-state index contributed by atoms with van der Waals surface area (Å²) in [5.41, 5.74) is 0.500. The van der Waals surface area contributed by atoms with Gasteiger partial charge in [-0.2, -0.15) is 0 Å². The van der Waals surface area contributed by atoms with Crippen molar-refractivity contribution in [3.63, 3.8) is 0 Å². The van der Waals surface area contributed by atoms with Crippen LogP contribution in [0.5, 0.6) is 11.5 Å². The number of hydrogen-bond donors (Lipinski definition) is 0. The van der Waals surface area contributed by atoms with Gasteiger partial charge in [0.15, 0.2) is 27.3 Å². The Hall–Kier alpha value is -2.80. The molecule has 4 rings (SSSR count). The Kier molecular flexibility index (Phi) is 8.08. The molecule has 2 aromatic heterocycles. The number of ether oxygens (including phenoxy) is 4. The summed E-state index contributed by atoms with van der Waals surface area (Å²) in [5, 5.41) is 7.96. The molecule has 0 spiro atoms. The second-order valence-electron chi connectivity index (χ2n) is 8.25. The number of halogens is 1. The minimum absolute atomic E-state index is 0.196. The Morgan fingerprint density at radius 3 is 2.36 bits per heavy atom. The second kappa shape index (κ2) is 11.1. The largest absolute Gasteiger partial charge is 0.494 e. The number of aromatic nitrogens is 5. The van der Waals surface area contributed by atoms with Crippen molar-refractivity contribution in [2.45, 2.75) is 43.0 Å². The zero-order valence-electron chi connectivity index (χ0n) is 20.4. The van der Waals surface area contributed by atoms with Crippen molar-refractivity contribution in [3.8, 4) is 17.2 Å². The standard InChI is InChI=1S/C23H28ClN5O6S/c1-14(21(34-4)22-25-11-15(24)12-26-22)36(30,31)13-19-27-28-23(18-9-6-10-35-18)29(19)20-16(32-2)7-5-8-17(20)33-3/h5,7-8,11-12,14,18,21H,6,9-10,13H2,1-4H3/t14-,18-,21-/m0/s1. The molecule has 36 heavy (non-hydrogen) atoms. The highest BCUT2D eigenvalue weighted by atomic mass is 35.5. The van der Waals surface area contributed by atoms with Crippen LogP contribution in [0.1, 0.15) is 49.4 Å². The third kappa shape index (κ3) is 5.17. The Morgan fingerprint density at radius 2 is 1.81 bits per heavy atom. The van der Waals surface area contributed by atoms with Crippen molar-refractivity contribution in [1.29, 1.82) is 0 Å². The zero-order valence-corrected chi connectivity index (χ0v) is 22.0. The molecule has 1 saturated heterocycles. The van der Waals surface area contributed by atoms with Gasteiger partial charge in [0.05, 0.1) is 24.5 Å². The van der Waals surface area contributed by atoms with Gasteiger partial charge in [-0.3, -0.25) is 4.57 Å². The van der Waals surface area contributed by atoms with E-state index in [4.69, 9.17) is 30.5 Å². The first-order valence-electron chi connectivity index (χ1n) is 11.3. The number of rotatable bonds is 10. The fourth-order valence-corrected chi connectivity index (χ4v) is 5.70. The topological polar surface area (TPSA) is 128 Å². The van der Waals surface area contributed by atoms with Crippen LogP contribution in [0.25, 0.3) is 5.69 Å². The summed E-state index contributed by atoms with van der Waals surface area (Å²) in [4.78, 5) is 8.29. The number of methoxy groups -OCH3 is 3. The van der Waals surface area contributed by atoms with Crippen LogP contribution in [-0.4, -0.2) is 66.3 Å². The molecule has 194 valence electrons. The summed E-state index contributed by atoms with van der Waals surface area (Å²) in [6.45, 7) is 2.13.